The molecule has 0 spiro atoms. The number of nitrogens with zero attached hydrogens (tertiary/aromatic N) is 5. The van der Waals surface area contributed by atoms with E-state index in [2.05, 4.69) is 26.6 Å². The van der Waals surface area contributed by atoms with E-state index in [1.807, 2.05) is 55.5 Å². The minimum Gasteiger partial charge on any atom is -0.332 e. The monoisotopic (exact) mass is 434 g/mol. The first kappa shape index (κ1) is 20.2. The number of hydrogen-bond donors (Lipinski definition) is 1. The van der Waals surface area contributed by atoms with Crippen LogP contribution in [0.4, 0.5) is 5.69 Å². The van der Waals surface area contributed by atoms with Gasteiger partial charge in [0.25, 0.3) is 5.89 Å². The highest BCUT2D eigenvalue weighted by atomic mass is 16.5. The number of carbonyl (C=O) groups is 1. The van der Waals surface area contributed by atoms with Gasteiger partial charge in [0.15, 0.2) is 5.69 Å². The lowest BCUT2D eigenvalue weighted by atomic mass is 10.1. The molecule has 0 saturated heterocycles. The lowest BCUT2D eigenvalue weighted by Crippen LogP contribution is -2.19. The van der Waals surface area contributed by atoms with E-state index >= 15 is 0 Å². The number of aryl methyl sites for hydroxylation is 1. The average Bonchev–Trinajstić information content (AvgIpc) is 3.45. The highest BCUT2D eigenvalue weighted by molar-refractivity contribution is 5.94. The number of hydrogen-bond acceptors (Lipinski definition) is 6. The number of para-hydroxylation sites is 1. The van der Waals surface area contributed by atoms with Gasteiger partial charge in [-0.05, 0) is 43.3 Å². The predicted molar refractivity (Wildman–Crippen MR) is 123 cm³/mol. The van der Waals surface area contributed by atoms with Crippen LogP contribution >= 0.6 is 0 Å². The molecule has 8 heteroatoms. The molecule has 0 fully saturated rings. The fourth-order valence-electron chi connectivity index (χ4n) is 3.59. The quantitative estimate of drug-likeness (QED) is 0.434. The van der Waals surface area contributed by atoms with Gasteiger partial charge >= 0.3 is 0 Å². The number of rotatable bonds is 5. The van der Waals surface area contributed by atoms with Crippen LogP contribution in [-0.2, 0) is 11.3 Å². The molecule has 0 aliphatic rings. The molecule has 1 N–H and O–H groups in total. The van der Waals surface area contributed by atoms with Crippen molar-refractivity contribution in [1.82, 2.24) is 19.9 Å². The van der Waals surface area contributed by atoms with Gasteiger partial charge in [-0.3, -0.25) is 9.48 Å². The molecule has 0 saturated carbocycles. The number of amides is 1. The number of nitrogens with one attached hydrogen (secondary N) is 1. The molecule has 5 aromatic rings. The molecule has 0 aliphatic carbocycles. The molecule has 33 heavy (non-hydrogen) atoms. The summed E-state index contributed by atoms with van der Waals surface area (Å²) < 4.78 is 7.14. The Hall–Kier alpha value is -4.77. The summed E-state index contributed by atoms with van der Waals surface area (Å²) in [5.74, 6) is 0.519. The van der Waals surface area contributed by atoms with E-state index in [0.717, 1.165) is 22.0 Å². The highest BCUT2D eigenvalue weighted by Gasteiger charge is 2.19. The molecule has 0 bridgehead atoms. The summed E-state index contributed by atoms with van der Waals surface area (Å²) in [5.41, 5.74) is 4.38. The SMILES string of the molecule is Cc1cccc(-c2noc(-c3nn(CC(=O)Nc4ccc(C#N)cc4)c4ccccc34)n2)c1. The maximum absolute atomic E-state index is 12.7. The summed E-state index contributed by atoms with van der Waals surface area (Å²) in [5, 5.41) is 21.3. The maximum atomic E-state index is 12.7. The van der Waals surface area contributed by atoms with Gasteiger partial charge in [-0.15, -0.1) is 0 Å². The zero-order valence-corrected chi connectivity index (χ0v) is 17.7. The van der Waals surface area contributed by atoms with Crippen molar-refractivity contribution < 1.29 is 9.32 Å². The van der Waals surface area contributed by atoms with Gasteiger partial charge in [-0.1, -0.05) is 47.1 Å². The van der Waals surface area contributed by atoms with Crippen molar-refractivity contribution in [2.75, 3.05) is 5.32 Å². The van der Waals surface area contributed by atoms with E-state index in [-0.39, 0.29) is 18.3 Å². The minimum atomic E-state index is -0.245. The van der Waals surface area contributed by atoms with Crippen LogP contribution in [0.25, 0.3) is 33.9 Å². The first-order chi connectivity index (χ1) is 16.1. The second kappa shape index (κ2) is 8.40. The maximum Gasteiger partial charge on any atom is 0.279 e. The second-order valence-corrected chi connectivity index (χ2v) is 7.55. The van der Waals surface area contributed by atoms with Crippen molar-refractivity contribution in [1.29, 1.82) is 5.26 Å². The fraction of sp³-hybridized carbons (Fsp3) is 0.0800. The fourth-order valence-corrected chi connectivity index (χ4v) is 3.59. The Balaban J connectivity index is 1.44. The molecule has 2 heterocycles. The molecule has 0 atom stereocenters. The van der Waals surface area contributed by atoms with Crippen molar-refractivity contribution in [2.45, 2.75) is 13.5 Å². The average molecular weight is 434 g/mol. The van der Waals surface area contributed by atoms with E-state index < -0.39 is 0 Å². The van der Waals surface area contributed by atoms with Gasteiger partial charge in [-0.2, -0.15) is 15.3 Å². The van der Waals surface area contributed by atoms with Gasteiger partial charge in [-0.25, -0.2) is 0 Å². The van der Waals surface area contributed by atoms with Crippen molar-refractivity contribution >= 4 is 22.5 Å². The van der Waals surface area contributed by atoms with Crippen LogP contribution in [-0.4, -0.2) is 25.8 Å². The Morgan fingerprint density at radius 1 is 1.09 bits per heavy atom. The van der Waals surface area contributed by atoms with Crippen LogP contribution in [0, 0.1) is 18.3 Å². The van der Waals surface area contributed by atoms with Crippen LogP contribution in [0.1, 0.15) is 11.1 Å². The molecule has 1 amide bonds. The Labute approximate surface area is 189 Å². The molecule has 0 radical (unpaired) electrons. The summed E-state index contributed by atoms with van der Waals surface area (Å²) >= 11 is 0. The summed E-state index contributed by atoms with van der Waals surface area (Å²) in [6, 6.07) is 24.2. The van der Waals surface area contributed by atoms with Gasteiger partial charge in [0.2, 0.25) is 11.7 Å². The van der Waals surface area contributed by atoms with Gasteiger partial charge in [0.1, 0.15) is 6.54 Å². The minimum absolute atomic E-state index is 0.000606. The number of nitriles is 1. The lowest BCUT2D eigenvalue weighted by molar-refractivity contribution is -0.116. The predicted octanol–water partition coefficient (Wildman–Crippen LogP) is 4.57. The number of anilines is 1. The van der Waals surface area contributed by atoms with Crippen molar-refractivity contribution in [3.05, 3.63) is 83.9 Å². The Kier molecular flexibility index (Phi) is 5.13. The molecule has 8 nitrogen and oxygen atoms in total. The molecule has 0 unspecified atom stereocenters. The van der Waals surface area contributed by atoms with E-state index in [0.29, 0.717) is 22.8 Å². The van der Waals surface area contributed by atoms with Crippen molar-refractivity contribution in [3.63, 3.8) is 0 Å². The number of carbonyl (C=O) groups excluding carboxylic acids is 1. The molecular weight excluding hydrogens is 416 g/mol. The van der Waals surface area contributed by atoms with Gasteiger partial charge in [0, 0.05) is 16.6 Å². The van der Waals surface area contributed by atoms with E-state index in [1.54, 1.807) is 28.9 Å². The van der Waals surface area contributed by atoms with Gasteiger partial charge in [0.05, 0.1) is 17.1 Å². The summed E-state index contributed by atoms with van der Waals surface area (Å²) in [4.78, 5) is 17.2. The molecular formula is C25H18N6O2. The van der Waals surface area contributed by atoms with Crippen LogP contribution in [0.2, 0.25) is 0 Å². The smallest absolute Gasteiger partial charge is 0.279 e. The molecule has 5 rings (SSSR count). The van der Waals surface area contributed by atoms with Gasteiger partial charge < -0.3 is 9.84 Å². The first-order valence-corrected chi connectivity index (χ1v) is 10.3. The molecule has 3 aromatic carbocycles. The zero-order valence-electron chi connectivity index (χ0n) is 17.7. The number of aromatic nitrogens is 4. The lowest BCUT2D eigenvalue weighted by Gasteiger charge is -2.06. The standard InChI is InChI=1S/C25H18N6O2/c1-16-5-4-6-18(13-16)24-28-25(33-30-24)23-20-7-2-3-8-21(20)31(29-23)15-22(32)27-19-11-9-17(14-26)10-12-19/h2-13H,15H2,1H3,(H,27,32). The van der Waals surface area contributed by atoms with Crippen LogP contribution in [0.15, 0.2) is 77.3 Å². The third-order valence-corrected chi connectivity index (χ3v) is 5.15. The molecule has 160 valence electrons. The second-order valence-electron chi connectivity index (χ2n) is 7.55. The third-order valence-electron chi connectivity index (χ3n) is 5.15. The number of benzene rings is 3. The first-order valence-electron chi connectivity index (χ1n) is 10.3. The number of fused-ring (bicyclic) bond motifs is 1. The van der Waals surface area contributed by atoms with E-state index in [9.17, 15) is 4.79 Å². The molecule has 2 aromatic heterocycles. The van der Waals surface area contributed by atoms with E-state index in [4.69, 9.17) is 9.78 Å². The van der Waals surface area contributed by atoms with Crippen LogP contribution in [0.5, 0.6) is 0 Å². The normalized spacial score (nSPS) is 10.8. The van der Waals surface area contributed by atoms with Crippen molar-refractivity contribution in [3.8, 4) is 29.0 Å². The largest absolute Gasteiger partial charge is 0.332 e. The summed E-state index contributed by atoms with van der Waals surface area (Å²) in [6.07, 6.45) is 0. The molecule has 0 aliphatic heterocycles. The Morgan fingerprint density at radius 2 is 1.91 bits per heavy atom. The zero-order chi connectivity index (χ0) is 22.8. The van der Waals surface area contributed by atoms with E-state index in [1.165, 1.54) is 0 Å². The van der Waals surface area contributed by atoms with Crippen LogP contribution in [0.3, 0.4) is 0 Å². The van der Waals surface area contributed by atoms with Crippen LogP contribution < -0.4 is 5.32 Å². The Morgan fingerprint density at radius 3 is 2.70 bits per heavy atom. The topological polar surface area (TPSA) is 110 Å². The van der Waals surface area contributed by atoms with Crippen molar-refractivity contribution in [2.24, 2.45) is 0 Å². The Bertz CT molecular complexity index is 1510. The summed E-state index contributed by atoms with van der Waals surface area (Å²) in [6.45, 7) is 2.00. The third kappa shape index (κ3) is 4.07. The summed E-state index contributed by atoms with van der Waals surface area (Å²) in [7, 11) is 0. The highest BCUT2D eigenvalue weighted by Crippen LogP contribution is 2.28.